The highest BCUT2D eigenvalue weighted by molar-refractivity contribution is 6.17. The van der Waals surface area contributed by atoms with Crippen molar-refractivity contribution in [1.29, 1.82) is 0 Å². The topological polar surface area (TPSA) is 100 Å². The highest BCUT2D eigenvalue weighted by atomic mass is 35.5. The van der Waals surface area contributed by atoms with Gasteiger partial charge >= 0.3 is 0 Å². The predicted octanol–water partition coefficient (Wildman–Crippen LogP) is 3.60. The second-order valence-electron chi connectivity index (χ2n) is 6.79. The Morgan fingerprint density at radius 1 is 1.00 bits per heavy atom. The van der Waals surface area contributed by atoms with Gasteiger partial charge in [0.25, 0.3) is 0 Å². The minimum absolute atomic E-state index is 0.401. The van der Waals surface area contributed by atoms with Gasteiger partial charge < -0.3 is 5.73 Å². The highest BCUT2D eigenvalue weighted by Crippen LogP contribution is 2.31. The Hall–Kier alpha value is -3.78. The first-order valence-corrected chi connectivity index (χ1v) is 9.79. The Labute approximate surface area is 177 Å². The minimum Gasteiger partial charge on any atom is -0.383 e. The lowest BCUT2D eigenvalue weighted by Gasteiger charge is -2.11. The molecule has 5 aromatic rings. The fourth-order valence-corrected chi connectivity index (χ4v) is 3.48. The second-order valence-corrected chi connectivity index (χ2v) is 7.06. The van der Waals surface area contributed by atoms with E-state index >= 15 is 0 Å². The van der Waals surface area contributed by atoms with Gasteiger partial charge in [-0.25, -0.2) is 19.9 Å². The standard InChI is InChI=1S/C21H17ClN8/c1-29-12-25-19(28-29)16-8-9-17-21(26-16)30(14-6-4-13(11-22)5-7-14)20(27-17)15-3-2-10-24-18(15)23/h2-10,12H,11H2,1H3,(H2,23,24). The maximum Gasteiger partial charge on any atom is 0.199 e. The summed E-state index contributed by atoms with van der Waals surface area (Å²) in [4.78, 5) is 18.2. The van der Waals surface area contributed by atoms with E-state index in [-0.39, 0.29) is 0 Å². The molecule has 0 amide bonds. The third-order valence-corrected chi connectivity index (χ3v) is 5.07. The van der Waals surface area contributed by atoms with Gasteiger partial charge in [0.2, 0.25) is 0 Å². The van der Waals surface area contributed by atoms with Crippen molar-refractivity contribution in [3.63, 3.8) is 0 Å². The molecule has 0 aliphatic heterocycles. The van der Waals surface area contributed by atoms with Gasteiger partial charge in [0.15, 0.2) is 17.3 Å². The van der Waals surface area contributed by atoms with Crippen molar-refractivity contribution in [2.75, 3.05) is 5.73 Å². The molecule has 0 radical (unpaired) electrons. The molecule has 2 N–H and O–H groups in total. The highest BCUT2D eigenvalue weighted by Gasteiger charge is 2.19. The van der Waals surface area contributed by atoms with Crippen molar-refractivity contribution in [3.05, 3.63) is 66.6 Å². The number of pyridine rings is 2. The number of fused-ring (bicyclic) bond motifs is 1. The summed E-state index contributed by atoms with van der Waals surface area (Å²) in [5, 5.41) is 4.36. The number of hydrogen-bond donors (Lipinski definition) is 1. The molecule has 0 saturated carbocycles. The van der Waals surface area contributed by atoms with E-state index in [9.17, 15) is 0 Å². The van der Waals surface area contributed by atoms with Gasteiger partial charge in [0.1, 0.15) is 23.4 Å². The van der Waals surface area contributed by atoms with E-state index in [0.29, 0.717) is 34.7 Å². The molecule has 0 atom stereocenters. The predicted molar refractivity (Wildman–Crippen MR) is 116 cm³/mol. The average Bonchev–Trinajstić information content (AvgIpc) is 3.37. The number of rotatable bonds is 4. The van der Waals surface area contributed by atoms with Gasteiger partial charge in [-0.15, -0.1) is 16.7 Å². The Morgan fingerprint density at radius 2 is 1.83 bits per heavy atom. The van der Waals surface area contributed by atoms with E-state index in [1.54, 1.807) is 17.2 Å². The molecule has 0 saturated heterocycles. The van der Waals surface area contributed by atoms with Crippen LogP contribution in [0.4, 0.5) is 5.82 Å². The molecule has 8 nitrogen and oxygen atoms in total. The molecule has 9 heteroatoms. The van der Waals surface area contributed by atoms with Crippen LogP contribution in [0.25, 0.3) is 39.8 Å². The third-order valence-electron chi connectivity index (χ3n) is 4.76. The Balaban J connectivity index is 1.79. The number of nitrogens with zero attached hydrogens (tertiary/aromatic N) is 7. The molecule has 148 valence electrons. The third kappa shape index (κ3) is 3.07. The first-order valence-electron chi connectivity index (χ1n) is 9.25. The van der Waals surface area contributed by atoms with Crippen LogP contribution in [-0.2, 0) is 12.9 Å². The lowest BCUT2D eigenvalue weighted by molar-refractivity contribution is 0.767. The molecule has 0 spiro atoms. The fraction of sp³-hybridized carbons (Fsp3) is 0.0952. The van der Waals surface area contributed by atoms with Gasteiger partial charge in [-0.05, 0) is 42.0 Å². The van der Waals surface area contributed by atoms with Crippen molar-refractivity contribution >= 4 is 28.6 Å². The lowest BCUT2D eigenvalue weighted by atomic mass is 10.2. The zero-order chi connectivity index (χ0) is 20.7. The number of aryl methyl sites for hydroxylation is 1. The summed E-state index contributed by atoms with van der Waals surface area (Å²) in [5.74, 6) is 2.05. The molecule has 0 aliphatic rings. The van der Waals surface area contributed by atoms with Gasteiger partial charge in [-0.2, -0.15) is 0 Å². The van der Waals surface area contributed by atoms with Crippen LogP contribution >= 0.6 is 11.6 Å². The largest absolute Gasteiger partial charge is 0.383 e. The van der Waals surface area contributed by atoms with Crippen molar-refractivity contribution in [2.24, 2.45) is 7.05 Å². The first kappa shape index (κ1) is 18.3. The minimum atomic E-state index is 0.401. The fourth-order valence-electron chi connectivity index (χ4n) is 3.30. The van der Waals surface area contributed by atoms with Crippen LogP contribution in [-0.4, -0.2) is 34.3 Å². The summed E-state index contributed by atoms with van der Waals surface area (Å²) >= 11 is 5.97. The Bertz CT molecular complexity index is 1350. The molecule has 4 aromatic heterocycles. The maximum atomic E-state index is 6.17. The summed E-state index contributed by atoms with van der Waals surface area (Å²) in [5.41, 5.74) is 10.9. The van der Waals surface area contributed by atoms with Crippen molar-refractivity contribution in [1.82, 2.24) is 34.3 Å². The van der Waals surface area contributed by atoms with Crippen molar-refractivity contribution in [2.45, 2.75) is 5.88 Å². The number of imidazole rings is 1. The number of aromatic nitrogens is 7. The quantitative estimate of drug-likeness (QED) is 0.449. The molecule has 0 bridgehead atoms. The van der Waals surface area contributed by atoms with Crippen molar-refractivity contribution < 1.29 is 0 Å². The van der Waals surface area contributed by atoms with E-state index in [4.69, 9.17) is 27.3 Å². The second kappa shape index (κ2) is 7.23. The molecule has 0 aliphatic carbocycles. The Kier molecular flexibility index (Phi) is 4.40. The molecular formula is C21H17ClN8. The van der Waals surface area contributed by atoms with Gasteiger partial charge in [0, 0.05) is 24.8 Å². The summed E-state index contributed by atoms with van der Waals surface area (Å²) in [7, 11) is 1.82. The molecule has 4 heterocycles. The zero-order valence-electron chi connectivity index (χ0n) is 16.1. The number of halogens is 1. The van der Waals surface area contributed by atoms with E-state index < -0.39 is 0 Å². The molecular weight excluding hydrogens is 400 g/mol. The van der Waals surface area contributed by atoms with Crippen LogP contribution in [0.2, 0.25) is 0 Å². The first-order chi connectivity index (χ1) is 14.6. The monoisotopic (exact) mass is 416 g/mol. The number of alkyl halides is 1. The van der Waals surface area contributed by atoms with Gasteiger partial charge in [-0.3, -0.25) is 9.25 Å². The van der Waals surface area contributed by atoms with E-state index in [1.165, 1.54) is 0 Å². The van der Waals surface area contributed by atoms with Crippen LogP contribution in [0.1, 0.15) is 5.56 Å². The van der Waals surface area contributed by atoms with Crippen molar-refractivity contribution in [3.8, 4) is 28.6 Å². The Morgan fingerprint density at radius 3 is 2.53 bits per heavy atom. The number of anilines is 1. The summed E-state index contributed by atoms with van der Waals surface area (Å²) in [6.45, 7) is 0. The van der Waals surface area contributed by atoms with Gasteiger partial charge in [-0.1, -0.05) is 12.1 Å². The zero-order valence-corrected chi connectivity index (χ0v) is 16.8. The van der Waals surface area contributed by atoms with E-state index in [1.807, 2.05) is 60.1 Å². The SMILES string of the molecule is Cn1cnc(-c2ccc3nc(-c4cccnc4N)n(-c4ccc(CCl)cc4)c3n2)n1. The number of nitrogens with two attached hydrogens (primary N) is 1. The number of benzene rings is 1. The average molecular weight is 417 g/mol. The lowest BCUT2D eigenvalue weighted by Crippen LogP contribution is -2.02. The van der Waals surface area contributed by atoms with Crippen LogP contribution in [0.15, 0.2) is 61.1 Å². The molecule has 5 rings (SSSR count). The molecule has 0 unspecified atom stereocenters. The molecule has 0 fully saturated rings. The summed E-state index contributed by atoms with van der Waals surface area (Å²) in [6, 6.07) is 15.4. The normalized spacial score (nSPS) is 11.3. The molecule has 30 heavy (non-hydrogen) atoms. The van der Waals surface area contributed by atoms with E-state index in [0.717, 1.165) is 22.3 Å². The van der Waals surface area contributed by atoms with Crippen LogP contribution in [0.3, 0.4) is 0 Å². The van der Waals surface area contributed by atoms with E-state index in [2.05, 4.69) is 15.1 Å². The molecule has 1 aromatic carbocycles. The van der Waals surface area contributed by atoms with Crippen LogP contribution in [0.5, 0.6) is 0 Å². The van der Waals surface area contributed by atoms with Gasteiger partial charge in [0.05, 0.1) is 5.56 Å². The van der Waals surface area contributed by atoms with Crippen LogP contribution in [0, 0.1) is 0 Å². The summed E-state index contributed by atoms with van der Waals surface area (Å²) < 4.78 is 3.61. The summed E-state index contributed by atoms with van der Waals surface area (Å²) in [6.07, 6.45) is 3.30. The van der Waals surface area contributed by atoms with Crippen LogP contribution < -0.4 is 5.73 Å². The maximum absolute atomic E-state index is 6.17. The smallest absolute Gasteiger partial charge is 0.199 e. The number of nitrogen functional groups attached to an aromatic ring is 1. The number of hydrogen-bond acceptors (Lipinski definition) is 6.